The molecule has 1 fully saturated rings. The van der Waals surface area contributed by atoms with Crippen LogP contribution in [0.1, 0.15) is 43.0 Å². The van der Waals surface area contributed by atoms with Gasteiger partial charge in [-0.15, -0.1) is 11.3 Å². The first-order valence-corrected chi connectivity index (χ1v) is 11.1. The number of nitrogens with zero attached hydrogens (tertiary/aromatic N) is 3. The average Bonchev–Trinajstić information content (AvgIpc) is 3.21. The molecule has 1 amide bonds. The summed E-state index contributed by atoms with van der Waals surface area (Å²) in [5.41, 5.74) is 1.32. The molecule has 0 saturated heterocycles. The molecule has 2 aliphatic rings. The third-order valence-corrected chi connectivity index (χ3v) is 6.70. The molecule has 28 heavy (non-hydrogen) atoms. The molecule has 150 valence electrons. The third kappa shape index (κ3) is 4.36. The number of carbonyl (C=O) groups is 1. The van der Waals surface area contributed by atoms with Gasteiger partial charge in [-0.25, -0.2) is 9.97 Å². The van der Waals surface area contributed by atoms with Crippen LogP contribution in [0.2, 0.25) is 0 Å². The number of carbonyl (C=O) groups excluding carboxylic acids is 1. The molecule has 2 aromatic heterocycles. The molecule has 3 atom stereocenters. The fourth-order valence-electron chi connectivity index (χ4n) is 4.21. The van der Waals surface area contributed by atoms with E-state index in [-0.39, 0.29) is 24.0 Å². The number of hydrogen-bond donors (Lipinski definition) is 1. The number of fused-ring (bicyclic) bond motifs is 1. The van der Waals surface area contributed by atoms with E-state index in [2.05, 4.69) is 33.7 Å². The topological polar surface area (TPSA) is 67.3 Å². The van der Waals surface area contributed by atoms with Crippen LogP contribution in [0.15, 0.2) is 29.9 Å². The van der Waals surface area contributed by atoms with E-state index in [1.54, 1.807) is 12.4 Å². The molecule has 1 N–H and O–H groups in total. The zero-order valence-corrected chi connectivity index (χ0v) is 17.2. The Morgan fingerprint density at radius 1 is 1.36 bits per heavy atom. The van der Waals surface area contributed by atoms with Gasteiger partial charge in [0, 0.05) is 42.9 Å². The van der Waals surface area contributed by atoms with Gasteiger partial charge in [0.05, 0.1) is 12.1 Å². The van der Waals surface area contributed by atoms with Crippen LogP contribution in [0.4, 0.5) is 5.95 Å². The number of nitrogens with one attached hydrogen (secondary N) is 1. The van der Waals surface area contributed by atoms with Gasteiger partial charge >= 0.3 is 0 Å². The normalized spacial score (nSPS) is 24.6. The maximum Gasteiger partial charge on any atom is 0.226 e. The predicted molar refractivity (Wildman–Crippen MR) is 110 cm³/mol. The zero-order chi connectivity index (χ0) is 19.3. The first-order chi connectivity index (χ1) is 13.7. The maximum atomic E-state index is 13.2. The highest BCUT2D eigenvalue weighted by Crippen LogP contribution is 2.32. The summed E-state index contributed by atoms with van der Waals surface area (Å²) in [4.78, 5) is 25.2. The second kappa shape index (κ2) is 9.01. The summed E-state index contributed by atoms with van der Waals surface area (Å²) in [7, 11) is 0. The Morgan fingerprint density at radius 2 is 2.21 bits per heavy atom. The van der Waals surface area contributed by atoms with E-state index in [0.717, 1.165) is 45.2 Å². The number of anilines is 1. The van der Waals surface area contributed by atoms with Crippen molar-refractivity contribution in [3.05, 3.63) is 40.3 Å². The predicted octanol–water partition coefficient (Wildman–Crippen LogP) is 3.50. The number of rotatable bonds is 6. The van der Waals surface area contributed by atoms with Crippen LogP contribution in [-0.2, 0) is 22.5 Å². The van der Waals surface area contributed by atoms with E-state index in [0.29, 0.717) is 12.6 Å². The standard InChI is InChI=1S/C21H28N4O2S/c1-2-11-27-18-13-15(4-5-17(18)24-21-22-8-3-9-23-21)20(26)25-10-6-19-16(14-25)7-12-28-19/h3,7-9,12,15,17-18H,2,4-6,10-11,13-14H2,1H3,(H,22,23,24)/t15-,17-,18-/m0/s1. The lowest BCUT2D eigenvalue weighted by atomic mass is 9.82. The van der Waals surface area contributed by atoms with E-state index in [1.807, 2.05) is 22.3 Å². The van der Waals surface area contributed by atoms with Crippen LogP contribution in [-0.4, -0.2) is 46.1 Å². The Labute approximate surface area is 170 Å². The van der Waals surface area contributed by atoms with Gasteiger partial charge in [0.15, 0.2) is 0 Å². The van der Waals surface area contributed by atoms with Gasteiger partial charge in [0.2, 0.25) is 11.9 Å². The summed E-state index contributed by atoms with van der Waals surface area (Å²) < 4.78 is 6.14. The number of thiophene rings is 1. The molecule has 0 spiro atoms. The molecular weight excluding hydrogens is 372 g/mol. The summed E-state index contributed by atoms with van der Waals surface area (Å²) in [5.74, 6) is 0.955. The lowest BCUT2D eigenvalue weighted by molar-refractivity contribution is -0.139. The summed E-state index contributed by atoms with van der Waals surface area (Å²) in [5, 5.41) is 5.55. The van der Waals surface area contributed by atoms with Crippen LogP contribution >= 0.6 is 11.3 Å². The van der Waals surface area contributed by atoms with Crippen molar-refractivity contribution in [1.29, 1.82) is 0 Å². The monoisotopic (exact) mass is 400 g/mol. The largest absolute Gasteiger partial charge is 0.376 e. The highest BCUT2D eigenvalue weighted by molar-refractivity contribution is 7.10. The van der Waals surface area contributed by atoms with Gasteiger partial charge in [0.25, 0.3) is 0 Å². The summed E-state index contributed by atoms with van der Waals surface area (Å²) in [6.07, 6.45) is 7.96. The van der Waals surface area contributed by atoms with E-state index >= 15 is 0 Å². The Balaban J connectivity index is 1.40. The molecular formula is C21H28N4O2S. The lowest BCUT2D eigenvalue weighted by Crippen LogP contribution is -2.47. The van der Waals surface area contributed by atoms with Crippen LogP contribution in [0.25, 0.3) is 0 Å². The van der Waals surface area contributed by atoms with Crippen molar-refractivity contribution in [3.63, 3.8) is 0 Å². The molecule has 4 rings (SSSR count). The van der Waals surface area contributed by atoms with Crippen molar-refractivity contribution in [2.45, 2.75) is 57.7 Å². The average molecular weight is 401 g/mol. The quantitative estimate of drug-likeness (QED) is 0.804. The first-order valence-electron chi connectivity index (χ1n) is 10.2. The molecule has 0 bridgehead atoms. The van der Waals surface area contributed by atoms with Crippen molar-refractivity contribution in [2.24, 2.45) is 5.92 Å². The molecule has 1 aliphatic heterocycles. The van der Waals surface area contributed by atoms with Crippen molar-refractivity contribution in [2.75, 3.05) is 18.5 Å². The molecule has 0 unspecified atom stereocenters. The lowest BCUT2D eigenvalue weighted by Gasteiger charge is -2.38. The SMILES string of the molecule is CCCO[C@H]1C[C@@H](C(=O)N2CCc3sccc3C2)CC[C@@H]1Nc1ncccn1. The summed E-state index contributed by atoms with van der Waals surface area (Å²) in [6.45, 7) is 4.42. The number of amides is 1. The smallest absolute Gasteiger partial charge is 0.226 e. The molecule has 1 saturated carbocycles. The minimum absolute atomic E-state index is 0.00737. The van der Waals surface area contributed by atoms with Crippen molar-refractivity contribution in [3.8, 4) is 0 Å². The van der Waals surface area contributed by atoms with E-state index in [9.17, 15) is 4.79 Å². The molecule has 6 nitrogen and oxygen atoms in total. The third-order valence-electron chi connectivity index (χ3n) is 5.68. The first kappa shape index (κ1) is 19.3. The summed E-state index contributed by atoms with van der Waals surface area (Å²) in [6, 6.07) is 4.11. The Morgan fingerprint density at radius 3 is 3.04 bits per heavy atom. The Kier molecular flexibility index (Phi) is 6.22. The molecule has 3 heterocycles. The van der Waals surface area contributed by atoms with Crippen molar-refractivity contribution < 1.29 is 9.53 Å². The van der Waals surface area contributed by atoms with Gasteiger partial charge in [-0.3, -0.25) is 4.79 Å². The highest BCUT2D eigenvalue weighted by Gasteiger charge is 2.37. The van der Waals surface area contributed by atoms with Crippen LogP contribution in [0.5, 0.6) is 0 Å². The molecule has 0 aromatic carbocycles. The van der Waals surface area contributed by atoms with E-state index < -0.39 is 0 Å². The van der Waals surface area contributed by atoms with Crippen molar-refractivity contribution >= 4 is 23.2 Å². The van der Waals surface area contributed by atoms with Crippen LogP contribution in [0.3, 0.4) is 0 Å². The van der Waals surface area contributed by atoms with Gasteiger partial charge in [0.1, 0.15) is 0 Å². The van der Waals surface area contributed by atoms with E-state index in [4.69, 9.17) is 4.74 Å². The molecule has 0 radical (unpaired) electrons. The highest BCUT2D eigenvalue weighted by atomic mass is 32.1. The fraction of sp³-hybridized carbons (Fsp3) is 0.571. The van der Waals surface area contributed by atoms with Gasteiger partial charge in [-0.2, -0.15) is 0 Å². The Hall–Kier alpha value is -1.99. The van der Waals surface area contributed by atoms with Crippen LogP contribution < -0.4 is 5.32 Å². The van der Waals surface area contributed by atoms with Crippen molar-refractivity contribution in [1.82, 2.24) is 14.9 Å². The molecule has 7 heteroatoms. The second-order valence-corrected chi connectivity index (χ2v) is 8.62. The minimum atomic E-state index is 0.00737. The van der Waals surface area contributed by atoms with Crippen LogP contribution in [0, 0.1) is 5.92 Å². The van der Waals surface area contributed by atoms with Gasteiger partial charge in [-0.1, -0.05) is 6.92 Å². The summed E-state index contributed by atoms with van der Waals surface area (Å²) >= 11 is 1.81. The fourth-order valence-corrected chi connectivity index (χ4v) is 5.10. The molecule has 2 aromatic rings. The second-order valence-electron chi connectivity index (χ2n) is 7.62. The van der Waals surface area contributed by atoms with Gasteiger partial charge in [-0.05, 0) is 55.2 Å². The number of hydrogen-bond acceptors (Lipinski definition) is 6. The van der Waals surface area contributed by atoms with Gasteiger partial charge < -0.3 is 15.0 Å². The maximum absolute atomic E-state index is 13.2. The van der Waals surface area contributed by atoms with E-state index in [1.165, 1.54) is 10.4 Å². The number of aromatic nitrogens is 2. The number of ether oxygens (including phenoxy) is 1. The minimum Gasteiger partial charge on any atom is -0.376 e. The Bertz CT molecular complexity index is 782. The molecule has 1 aliphatic carbocycles. The zero-order valence-electron chi connectivity index (χ0n) is 16.3.